The van der Waals surface area contributed by atoms with Crippen molar-refractivity contribution in [2.45, 2.75) is 64.8 Å². The van der Waals surface area contributed by atoms with Crippen LogP contribution in [0, 0.1) is 11.8 Å². The SMILES string of the molecule is CCC1NC(=O)CCN(CCC2CCC(C)CC2)C1=O. The molecule has 1 heterocycles. The van der Waals surface area contributed by atoms with E-state index < -0.39 is 0 Å². The number of carbonyl (C=O) groups is 2. The summed E-state index contributed by atoms with van der Waals surface area (Å²) in [6.45, 7) is 5.69. The van der Waals surface area contributed by atoms with E-state index in [4.69, 9.17) is 0 Å². The molecule has 1 saturated carbocycles. The molecule has 4 heteroatoms. The molecule has 4 nitrogen and oxygen atoms in total. The van der Waals surface area contributed by atoms with Gasteiger partial charge in [-0.1, -0.05) is 39.5 Å². The molecule has 1 atom stereocenters. The van der Waals surface area contributed by atoms with E-state index in [9.17, 15) is 9.59 Å². The second-order valence-corrected chi connectivity index (χ2v) is 6.52. The Hall–Kier alpha value is -1.06. The average Bonchev–Trinajstić information content (AvgIpc) is 2.58. The molecule has 1 N–H and O–H groups in total. The highest BCUT2D eigenvalue weighted by Crippen LogP contribution is 2.30. The minimum atomic E-state index is -0.309. The van der Waals surface area contributed by atoms with E-state index in [0.29, 0.717) is 19.4 Å². The highest BCUT2D eigenvalue weighted by Gasteiger charge is 2.29. The molecule has 0 radical (unpaired) electrons. The van der Waals surface area contributed by atoms with Crippen molar-refractivity contribution in [1.82, 2.24) is 10.2 Å². The maximum Gasteiger partial charge on any atom is 0.245 e. The van der Waals surface area contributed by atoms with Crippen LogP contribution in [0.25, 0.3) is 0 Å². The topological polar surface area (TPSA) is 49.4 Å². The van der Waals surface area contributed by atoms with Gasteiger partial charge in [0.2, 0.25) is 11.8 Å². The summed E-state index contributed by atoms with van der Waals surface area (Å²) in [7, 11) is 0. The van der Waals surface area contributed by atoms with Crippen LogP contribution in [-0.4, -0.2) is 35.8 Å². The Kier molecular flexibility index (Phi) is 5.44. The summed E-state index contributed by atoms with van der Waals surface area (Å²) >= 11 is 0. The van der Waals surface area contributed by atoms with Gasteiger partial charge in [-0.2, -0.15) is 0 Å². The van der Waals surface area contributed by atoms with Crippen LogP contribution in [0.5, 0.6) is 0 Å². The van der Waals surface area contributed by atoms with Crippen LogP contribution < -0.4 is 5.32 Å². The number of hydrogen-bond acceptors (Lipinski definition) is 2. The highest BCUT2D eigenvalue weighted by molar-refractivity contribution is 5.89. The van der Waals surface area contributed by atoms with E-state index in [2.05, 4.69) is 12.2 Å². The number of rotatable bonds is 4. The van der Waals surface area contributed by atoms with E-state index >= 15 is 0 Å². The maximum atomic E-state index is 12.4. The predicted molar refractivity (Wildman–Crippen MR) is 79.2 cm³/mol. The Balaban J connectivity index is 1.84. The molecule has 114 valence electrons. The van der Waals surface area contributed by atoms with Gasteiger partial charge in [0.1, 0.15) is 6.04 Å². The third-order valence-electron chi connectivity index (χ3n) is 4.90. The van der Waals surface area contributed by atoms with Crippen molar-refractivity contribution in [3.8, 4) is 0 Å². The minimum absolute atomic E-state index is 0.0131. The predicted octanol–water partition coefficient (Wildman–Crippen LogP) is 2.33. The molecule has 0 aromatic rings. The molecule has 0 spiro atoms. The summed E-state index contributed by atoms with van der Waals surface area (Å²) in [5.74, 6) is 1.77. The fourth-order valence-corrected chi connectivity index (χ4v) is 3.35. The third-order valence-corrected chi connectivity index (χ3v) is 4.90. The lowest BCUT2D eigenvalue weighted by Gasteiger charge is -2.29. The van der Waals surface area contributed by atoms with Gasteiger partial charge >= 0.3 is 0 Å². The standard InChI is InChI=1S/C16H28N2O2/c1-3-14-16(20)18(11-9-15(19)17-14)10-8-13-6-4-12(2)5-7-13/h12-14H,3-11H2,1-2H3,(H,17,19). The van der Waals surface area contributed by atoms with Crippen LogP contribution in [0.15, 0.2) is 0 Å². The molecule has 2 amide bonds. The fraction of sp³-hybridized carbons (Fsp3) is 0.875. The zero-order valence-corrected chi connectivity index (χ0v) is 12.9. The smallest absolute Gasteiger partial charge is 0.245 e. The summed E-state index contributed by atoms with van der Waals surface area (Å²) in [6, 6.07) is -0.309. The highest BCUT2D eigenvalue weighted by atomic mass is 16.2. The summed E-state index contributed by atoms with van der Waals surface area (Å²) in [5.41, 5.74) is 0. The van der Waals surface area contributed by atoms with Crippen LogP contribution in [0.2, 0.25) is 0 Å². The second-order valence-electron chi connectivity index (χ2n) is 6.52. The van der Waals surface area contributed by atoms with Crippen molar-refractivity contribution in [2.75, 3.05) is 13.1 Å². The Morgan fingerprint density at radius 1 is 1.20 bits per heavy atom. The minimum Gasteiger partial charge on any atom is -0.344 e. The van der Waals surface area contributed by atoms with Crippen molar-refractivity contribution in [3.63, 3.8) is 0 Å². The van der Waals surface area contributed by atoms with Crippen LogP contribution in [0.3, 0.4) is 0 Å². The van der Waals surface area contributed by atoms with Crippen molar-refractivity contribution in [1.29, 1.82) is 0 Å². The largest absolute Gasteiger partial charge is 0.344 e. The Labute approximate surface area is 122 Å². The first-order valence-corrected chi connectivity index (χ1v) is 8.18. The van der Waals surface area contributed by atoms with Crippen LogP contribution >= 0.6 is 0 Å². The lowest BCUT2D eigenvalue weighted by atomic mass is 9.81. The molecular weight excluding hydrogens is 252 g/mol. The van der Waals surface area contributed by atoms with Crippen molar-refractivity contribution in [2.24, 2.45) is 11.8 Å². The first-order chi connectivity index (χ1) is 9.60. The van der Waals surface area contributed by atoms with Gasteiger partial charge in [-0.25, -0.2) is 0 Å². The van der Waals surface area contributed by atoms with Gasteiger partial charge in [0.15, 0.2) is 0 Å². The number of amides is 2. The molecular formula is C16H28N2O2. The average molecular weight is 280 g/mol. The molecule has 1 saturated heterocycles. The number of carbonyl (C=O) groups excluding carboxylic acids is 2. The van der Waals surface area contributed by atoms with Crippen LogP contribution in [0.1, 0.15) is 58.8 Å². The number of nitrogens with one attached hydrogen (secondary N) is 1. The van der Waals surface area contributed by atoms with Gasteiger partial charge in [0.25, 0.3) is 0 Å². The molecule has 0 bridgehead atoms. The van der Waals surface area contributed by atoms with Crippen molar-refractivity contribution >= 4 is 11.8 Å². The molecule has 0 aromatic carbocycles. The van der Waals surface area contributed by atoms with E-state index in [0.717, 1.165) is 24.8 Å². The molecule has 1 unspecified atom stereocenters. The van der Waals surface area contributed by atoms with Gasteiger partial charge in [-0.05, 0) is 24.7 Å². The van der Waals surface area contributed by atoms with E-state index in [1.807, 2.05) is 11.8 Å². The summed E-state index contributed by atoms with van der Waals surface area (Å²) in [4.78, 5) is 25.9. The fourth-order valence-electron chi connectivity index (χ4n) is 3.35. The van der Waals surface area contributed by atoms with E-state index in [1.165, 1.54) is 25.7 Å². The zero-order chi connectivity index (χ0) is 14.5. The molecule has 1 aliphatic heterocycles. The Bertz CT molecular complexity index is 348. The molecule has 2 aliphatic rings. The second kappa shape index (κ2) is 7.09. The monoisotopic (exact) mass is 280 g/mol. The molecule has 20 heavy (non-hydrogen) atoms. The van der Waals surface area contributed by atoms with Crippen molar-refractivity contribution < 1.29 is 9.59 Å². The Morgan fingerprint density at radius 2 is 1.90 bits per heavy atom. The van der Waals surface area contributed by atoms with Gasteiger partial charge in [0, 0.05) is 19.5 Å². The summed E-state index contributed by atoms with van der Waals surface area (Å²) in [6.07, 6.45) is 7.50. The molecule has 2 fully saturated rings. The third kappa shape index (κ3) is 3.97. The molecule has 1 aliphatic carbocycles. The maximum absolute atomic E-state index is 12.4. The van der Waals surface area contributed by atoms with Gasteiger partial charge in [-0.3, -0.25) is 9.59 Å². The normalized spacial score (nSPS) is 31.9. The number of hydrogen-bond donors (Lipinski definition) is 1. The molecule has 0 aromatic heterocycles. The lowest BCUT2D eigenvalue weighted by molar-refractivity contribution is -0.133. The van der Waals surface area contributed by atoms with Crippen molar-refractivity contribution in [3.05, 3.63) is 0 Å². The lowest BCUT2D eigenvalue weighted by Crippen LogP contribution is -2.44. The first-order valence-electron chi connectivity index (χ1n) is 8.18. The van der Waals surface area contributed by atoms with Gasteiger partial charge < -0.3 is 10.2 Å². The number of nitrogens with zero attached hydrogens (tertiary/aromatic N) is 1. The first kappa shape index (κ1) is 15.3. The van der Waals surface area contributed by atoms with E-state index in [-0.39, 0.29) is 17.9 Å². The quantitative estimate of drug-likeness (QED) is 0.859. The van der Waals surface area contributed by atoms with Crippen LogP contribution in [0.4, 0.5) is 0 Å². The molecule has 2 rings (SSSR count). The zero-order valence-electron chi connectivity index (χ0n) is 12.9. The van der Waals surface area contributed by atoms with Gasteiger partial charge in [-0.15, -0.1) is 0 Å². The van der Waals surface area contributed by atoms with Crippen LogP contribution in [-0.2, 0) is 9.59 Å². The Morgan fingerprint density at radius 3 is 2.55 bits per heavy atom. The summed E-state index contributed by atoms with van der Waals surface area (Å²) < 4.78 is 0. The summed E-state index contributed by atoms with van der Waals surface area (Å²) in [5, 5.41) is 2.82. The van der Waals surface area contributed by atoms with Gasteiger partial charge in [0.05, 0.1) is 0 Å². The van der Waals surface area contributed by atoms with E-state index in [1.54, 1.807) is 0 Å².